The molecule has 2 aromatic heterocycles. The molecule has 1 N–H and O–H groups in total. The lowest BCUT2D eigenvalue weighted by Gasteiger charge is -2.11. The molecule has 1 saturated heterocycles. The molecule has 32 heavy (non-hydrogen) atoms. The van der Waals surface area contributed by atoms with E-state index < -0.39 is 0 Å². The minimum atomic E-state index is 0.544. The Bertz CT molecular complexity index is 1170. The Balaban J connectivity index is 1.58. The number of anilines is 1. The first-order valence-corrected chi connectivity index (χ1v) is 13.0. The van der Waals surface area contributed by atoms with Gasteiger partial charge in [-0.2, -0.15) is 0 Å². The van der Waals surface area contributed by atoms with Gasteiger partial charge >= 0.3 is 0 Å². The molecule has 1 aliphatic heterocycles. The Labute approximate surface area is 196 Å². The number of ether oxygens (including phenoxy) is 1. The second-order valence-corrected chi connectivity index (χ2v) is 10.4. The van der Waals surface area contributed by atoms with E-state index in [9.17, 15) is 0 Å². The van der Waals surface area contributed by atoms with Crippen molar-refractivity contribution in [2.24, 2.45) is 0 Å². The molecule has 0 unspecified atom stereocenters. The molecule has 7 heteroatoms. The van der Waals surface area contributed by atoms with Crippen LogP contribution in [0, 0.1) is 0 Å². The molecule has 0 amide bonds. The number of nitrogens with zero attached hydrogens (tertiary/aromatic N) is 2. The molecule has 0 atom stereocenters. The zero-order valence-electron chi connectivity index (χ0n) is 17.9. The standard InChI is InChI=1S/C25H25N3O2S2/c1-2-12-29-19-10-8-18(9-11-19)23-21(17-6-4-3-5-7-17)22-24(27-16-28-25(22)30-23)26-15-20-31-13-14-32-20/h3-11,16,20H,2,12-15H2,1H3,(H,26,27,28). The number of benzene rings is 2. The summed E-state index contributed by atoms with van der Waals surface area (Å²) >= 11 is 4.00. The summed E-state index contributed by atoms with van der Waals surface area (Å²) in [6, 6.07) is 18.4. The molecular weight excluding hydrogens is 438 g/mol. The fourth-order valence-corrected chi connectivity index (χ4v) is 6.44. The zero-order chi connectivity index (χ0) is 21.8. The smallest absolute Gasteiger partial charge is 0.232 e. The third-order valence-electron chi connectivity index (χ3n) is 5.27. The van der Waals surface area contributed by atoms with Gasteiger partial charge in [-0.25, -0.2) is 9.97 Å². The predicted octanol–water partition coefficient (Wildman–Crippen LogP) is 6.56. The van der Waals surface area contributed by atoms with Crippen molar-refractivity contribution in [2.75, 3.05) is 30.0 Å². The molecule has 0 radical (unpaired) electrons. The normalized spacial score (nSPS) is 14.2. The summed E-state index contributed by atoms with van der Waals surface area (Å²) in [5.74, 6) is 4.89. The summed E-state index contributed by atoms with van der Waals surface area (Å²) in [6.45, 7) is 3.67. The average Bonchev–Trinajstić information content (AvgIpc) is 3.50. The highest BCUT2D eigenvalue weighted by Gasteiger charge is 2.23. The molecule has 1 aliphatic rings. The lowest BCUT2D eigenvalue weighted by molar-refractivity contribution is 0.317. The van der Waals surface area contributed by atoms with Crippen molar-refractivity contribution in [1.82, 2.24) is 9.97 Å². The lowest BCUT2D eigenvalue weighted by atomic mass is 9.99. The van der Waals surface area contributed by atoms with Crippen LogP contribution in [0.1, 0.15) is 13.3 Å². The first-order valence-electron chi connectivity index (χ1n) is 10.9. The fraction of sp³-hybridized carbons (Fsp3) is 0.280. The van der Waals surface area contributed by atoms with Crippen LogP contribution >= 0.6 is 23.5 Å². The molecule has 5 rings (SSSR count). The van der Waals surface area contributed by atoms with E-state index in [0.29, 0.717) is 16.9 Å². The maximum atomic E-state index is 6.33. The summed E-state index contributed by atoms with van der Waals surface area (Å²) in [7, 11) is 0. The second kappa shape index (κ2) is 9.88. The van der Waals surface area contributed by atoms with E-state index in [1.807, 2.05) is 66.0 Å². The van der Waals surface area contributed by atoms with Crippen molar-refractivity contribution in [3.8, 4) is 28.2 Å². The number of nitrogens with one attached hydrogen (secondary N) is 1. The molecule has 1 fully saturated rings. The van der Waals surface area contributed by atoms with Crippen LogP contribution in [0.15, 0.2) is 65.3 Å². The van der Waals surface area contributed by atoms with Crippen molar-refractivity contribution >= 4 is 40.4 Å². The SMILES string of the molecule is CCCOc1ccc(-c2oc3ncnc(NCC4SCCS4)c3c2-c2ccccc2)cc1. The molecule has 0 bridgehead atoms. The Morgan fingerprint density at radius 2 is 1.78 bits per heavy atom. The lowest BCUT2D eigenvalue weighted by Crippen LogP contribution is -2.12. The first-order chi connectivity index (χ1) is 15.8. The summed E-state index contributed by atoms with van der Waals surface area (Å²) in [5, 5.41) is 4.49. The van der Waals surface area contributed by atoms with Crippen LogP contribution in [-0.4, -0.2) is 39.2 Å². The third kappa shape index (κ3) is 4.45. The molecule has 4 aromatic rings. The molecule has 3 heterocycles. The van der Waals surface area contributed by atoms with E-state index in [4.69, 9.17) is 9.15 Å². The third-order valence-corrected chi connectivity index (χ3v) is 8.30. The first kappa shape index (κ1) is 21.2. The Hall–Kier alpha value is -2.64. The highest BCUT2D eigenvalue weighted by molar-refractivity contribution is 8.20. The van der Waals surface area contributed by atoms with Gasteiger partial charge in [-0.3, -0.25) is 0 Å². The minimum absolute atomic E-state index is 0.544. The van der Waals surface area contributed by atoms with Gasteiger partial charge in [0.2, 0.25) is 5.71 Å². The largest absolute Gasteiger partial charge is 0.494 e. The summed E-state index contributed by atoms with van der Waals surface area (Å²) < 4.78 is 12.6. The van der Waals surface area contributed by atoms with Gasteiger partial charge in [0.05, 0.1) is 16.6 Å². The van der Waals surface area contributed by atoms with E-state index in [-0.39, 0.29) is 0 Å². The molecule has 0 aliphatic carbocycles. The van der Waals surface area contributed by atoms with E-state index >= 15 is 0 Å². The number of hydrogen-bond acceptors (Lipinski definition) is 7. The second-order valence-electron chi connectivity index (χ2n) is 7.50. The molecule has 2 aromatic carbocycles. The molecule has 164 valence electrons. The monoisotopic (exact) mass is 463 g/mol. The molecule has 0 saturated carbocycles. The van der Waals surface area contributed by atoms with Gasteiger partial charge < -0.3 is 14.5 Å². The maximum absolute atomic E-state index is 6.33. The van der Waals surface area contributed by atoms with Crippen LogP contribution in [0.2, 0.25) is 0 Å². The Morgan fingerprint density at radius 3 is 2.53 bits per heavy atom. The van der Waals surface area contributed by atoms with Crippen molar-refractivity contribution in [2.45, 2.75) is 17.9 Å². The minimum Gasteiger partial charge on any atom is -0.494 e. The fourth-order valence-electron chi connectivity index (χ4n) is 3.78. The van der Waals surface area contributed by atoms with Gasteiger partial charge in [0.1, 0.15) is 23.7 Å². The van der Waals surface area contributed by atoms with Crippen molar-refractivity contribution < 1.29 is 9.15 Å². The maximum Gasteiger partial charge on any atom is 0.232 e. The Kier molecular flexibility index (Phi) is 6.55. The number of furan rings is 1. The summed E-state index contributed by atoms with van der Waals surface area (Å²) in [6.07, 6.45) is 2.55. The van der Waals surface area contributed by atoms with E-state index in [2.05, 4.69) is 34.3 Å². The molecule has 5 nitrogen and oxygen atoms in total. The van der Waals surface area contributed by atoms with Gasteiger partial charge in [-0.15, -0.1) is 23.5 Å². The highest BCUT2D eigenvalue weighted by atomic mass is 32.2. The van der Waals surface area contributed by atoms with Crippen LogP contribution in [0.25, 0.3) is 33.6 Å². The molecular formula is C25H25N3O2S2. The molecule has 0 spiro atoms. The topological polar surface area (TPSA) is 60.2 Å². The number of hydrogen-bond donors (Lipinski definition) is 1. The van der Waals surface area contributed by atoms with Crippen LogP contribution in [0.4, 0.5) is 5.82 Å². The van der Waals surface area contributed by atoms with Crippen molar-refractivity contribution in [3.05, 3.63) is 60.9 Å². The predicted molar refractivity (Wildman–Crippen MR) is 136 cm³/mol. The van der Waals surface area contributed by atoms with Gasteiger partial charge in [0.25, 0.3) is 0 Å². The van der Waals surface area contributed by atoms with Gasteiger partial charge in [-0.1, -0.05) is 37.3 Å². The van der Waals surface area contributed by atoms with Gasteiger partial charge in [0.15, 0.2) is 0 Å². The number of rotatable bonds is 8. The van der Waals surface area contributed by atoms with Gasteiger partial charge in [0, 0.05) is 29.2 Å². The van der Waals surface area contributed by atoms with Crippen LogP contribution < -0.4 is 10.1 Å². The van der Waals surface area contributed by atoms with E-state index in [0.717, 1.165) is 52.4 Å². The van der Waals surface area contributed by atoms with Crippen LogP contribution in [0.3, 0.4) is 0 Å². The van der Waals surface area contributed by atoms with E-state index in [1.54, 1.807) is 6.33 Å². The summed E-state index contributed by atoms with van der Waals surface area (Å²) in [4.78, 5) is 9.05. The van der Waals surface area contributed by atoms with Crippen LogP contribution in [0.5, 0.6) is 5.75 Å². The number of thioether (sulfide) groups is 2. The van der Waals surface area contributed by atoms with Crippen molar-refractivity contribution in [3.63, 3.8) is 0 Å². The number of aromatic nitrogens is 2. The van der Waals surface area contributed by atoms with Crippen molar-refractivity contribution in [1.29, 1.82) is 0 Å². The van der Waals surface area contributed by atoms with Gasteiger partial charge in [-0.05, 0) is 36.2 Å². The zero-order valence-corrected chi connectivity index (χ0v) is 19.5. The quantitative estimate of drug-likeness (QED) is 0.317. The Morgan fingerprint density at radius 1 is 1.00 bits per heavy atom. The average molecular weight is 464 g/mol. The number of fused-ring (bicyclic) bond motifs is 1. The van der Waals surface area contributed by atoms with Crippen LogP contribution in [-0.2, 0) is 0 Å². The van der Waals surface area contributed by atoms with E-state index in [1.165, 1.54) is 11.5 Å². The summed E-state index contributed by atoms with van der Waals surface area (Å²) in [5.41, 5.74) is 3.67. The highest BCUT2D eigenvalue weighted by Crippen LogP contribution is 2.43.